The SMILES string of the molecule is COC(=O)c1c(-c2cc(OC)c(OC)c(OC)c2)c2cc(OC)c(OCc3ccncc3)cc2c(=O)n1N1CCOCC1.Cl. The Morgan fingerprint density at radius 1 is 0.841 bits per heavy atom. The Kier molecular flexibility index (Phi) is 10.4. The number of morpholine rings is 1. The first-order valence-electron chi connectivity index (χ1n) is 13.5. The number of carbonyl (C=O) groups is 1. The third-order valence-corrected chi connectivity index (χ3v) is 7.19. The maximum Gasteiger partial charge on any atom is 0.357 e. The van der Waals surface area contributed by atoms with Crippen LogP contribution in [0.15, 0.2) is 53.6 Å². The van der Waals surface area contributed by atoms with Gasteiger partial charge in [0, 0.05) is 23.3 Å². The zero-order chi connectivity index (χ0) is 30.5. The Labute approximate surface area is 260 Å². The van der Waals surface area contributed by atoms with Crippen molar-refractivity contribution in [3.8, 4) is 39.9 Å². The normalized spacial score (nSPS) is 12.7. The second-order valence-electron chi connectivity index (χ2n) is 9.50. The molecule has 234 valence electrons. The van der Waals surface area contributed by atoms with Crippen LogP contribution in [0, 0.1) is 0 Å². The molecule has 13 heteroatoms. The number of nitrogens with zero attached hydrogens (tertiary/aromatic N) is 3. The third kappa shape index (κ3) is 6.03. The Morgan fingerprint density at radius 2 is 1.45 bits per heavy atom. The Hall–Kier alpha value is -4.68. The summed E-state index contributed by atoms with van der Waals surface area (Å²) in [7, 11) is 7.30. The van der Waals surface area contributed by atoms with Crippen LogP contribution in [0.5, 0.6) is 28.7 Å². The molecule has 0 amide bonds. The van der Waals surface area contributed by atoms with Crippen LogP contribution in [-0.4, -0.2) is 77.5 Å². The fourth-order valence-corrected chi connectivity index (χ4v) is 5.13. The van der Waals surface area contributed by atoms with Gasteiger partial charge < -0.3 is 38.2 Å². The van der Waals surface area contributed by atoms with Crippen molar-refractivity contribution in [3.63, 3.8) is 0 Å². The molecule has 0 saturated carbocycles. The van der Waals surface area contributed by atoms with Gasteiger partial charge in [-0.2, -0.15) is 0 Å². The van der Waals surface area contributed by atoms with Crippen molar-refractivity contribution in [2.45, 2.75) is 6.61 Å². The molecule has 4 aromatic rings. The summed E-state index contributed by atoms with van der Waals surface area (Å²) in [5.74, 6) is 1.15. The number of aromatic nitrogens is 2. The summed E-state index contributed by atoms with van der Waals surface area (Å²) in [5, 5.41) is 2.52. The molecule has 1 aliphatic heterocycles. The van der Waals surface area contributed by atoms with E-state index in [4.69, 9.17) is 33.2 Å². The number of methoxy groups -OCH3 is 5. The minimum atomic E-state index is -0.703. The Bertz CT molecular complexity index is 1660. The van der Waals surface area contributed by atoms with Crippen molar-refractivity contribution >= 4 is 29.1 Å². The Balaban J connectivity index is 0.00000442. The molecule has 0 atom stereocenters. The van der Waals surface area contributed by atoms with Crippen LogP contribution in [0.25, 0.3) is 21.9 Å². The van der Waals surface area contributed by atoms with Gasteiger partial charge in [0.25, 0.3) is 5.56 Å². The van der Waals surface area contributed by atoms with E-state index in [1.54, 1.807) is 41.7 Å². The number of rotatable bonds is 10. The lowest BCUT2D eigenvalue weighted by Crippen LogP contribution is -2.51. The molecule has 3 heterocycles. The lowest BCUT2D eigenvalue weighted by atomic mass is 9.95. The third-order valence-electron chi connectivity index (χ3n) is 7.19. The van der Waals surface area contributed by atoms with Crippen molar-refractivity contribution < 1.29 is 38.0 Å². The average molecular weight is 628 g/mol. The van der Waals surface area contributed by atoms with E-state index in [1.807, 2.05) is 12.1 Å². The first-order chi connectivity index (χ1) is 20.9. The molecule has 2 aromatic carbocycles. The van der Waals surface area contributed by atoms with Crippen LogP contribution >= 0.6 is 12.4 Å². The van der Waals surface area contributed by atoms with Gasteiger partial charge in [0.15, 0.2) is 28.7 Å². The highest BCUT2D eigenvalue weighted by Gasteiger charge is 2.30. The molecular formula is C31H34ClN3O9. The molecule has 44 heavy (non-hydrogen) atoms. The summed E-state index contributed by atoms with van der Waals surface area (Å²) < 4.78 is 40.8. The van der Waals surface area contributed by atoms with E-state index in [9.17, 15) is 9.59 Å². The number of benzene rings is 2. The number of esters is 1. The van der Waals surface area contributed by atoms with Gasteiger partial charge in [-0.05, 0) is 47.5 Å². The van der Waals surface area contributed by atoms with Crippen LogP contribution in [0.3, 0.4) is 0 Å². The smallest absolute Gasteiger partial charge is 0.357 e. The molecule has 2 aromatic heterocycles. The van der Waals surface area contributed by atoms with E-state index in [0.29, 0.717) is 77.0 Å². The van der Waals surface area contributed by atoms with E-state index in [-0.39, 0.29) is 24.7 Å². The largest absolute Gasteiger partial charge is 0.493 e. The van der Waals surface area contributed by atoms with Crippen LogP contribution in [-0.2, 0) is 16.1 Å². The van der Waals surface area contributed by atoms with Crippen molar-refractivity contribution in [1.29, 1.82) is 0 Å². The average Bonchev–Trinajstić information content (AvgIpc) is 3.06. The van der Waals surface area contributed by atoms with Gasteiger partial charge in [-0.25, -0.2) is 9.47 Å². The van der Waals surface area contributed by atoms with Gasteiger partial charge in [-0.1, -0.05) is 0 Å². The molecule has 1 saturated heterocycles. The fraction of sp³-hybridized carbons (Fsp3) is 0.323. The van der Waals surface area contributed by atoms with E-state index >= 15 is 0 Å². The second-order valence-corrected chi connectivity index (χ2v) is 9.50. The van der Waals surface area contributed by atoms with E-state index < -0.39 is 11.5 Å². The summed E-state index contributed by atoms with van der Waals surface area (Å²) in [5.41, 5.74) is 1.43. The van der Waals surface area contributed by atoms with Crippen LogP contribution in [0.4, 0.5) is 0 Å². The number of carbonyl (C=O) groups excluding carboxylic acids is 1. The molecular weight excluding hydrogens is 594 g/mol. The molecule has 5 rings (SSSR count). The minimum absolute atomic E-state index is 0. The summed E-state index contributed by atoms with van der Waals surface area (Å²) in [4.78, 5) is 32.0. The molecule has 0 spiro atoms. The van der Waals surface area contributed by atoms with Gasteiger partial charge in [0.2, 0.25) is 5.75 Å². The Morgan fingerprint density at radius 3 is 2.02 bits per heavy atom. The zero-order valence-electron chi connectivity index (χ0n) is 25.1. The maximum atomic E-state index is 14.3. The van der Waals surface area contributed by atoms with E-state index in [0.717, 1.165) is 5.56 Å². The van der Waals surface area contributed by atoms with Crippen LogP contribution < -0.4 is 34.3 Å². The number of ether oxygens (including phenoxy) is 7. The van der Waals surface area contributed by atoms with Crippen molar-refractivity contribution in [3.05, 3.63) is 70.4 Å². The molecule has 12 nitrogen and oxygen atoms in total. The molecule has 0 aliphatic carbocycles. The van der Waals surface area contributed by atoms with Gasteiger partial charge in [0.1, 0.15) is 6.61 Å². The minimum Gasteiger partial charge on any atom is -0.493 e. The van der Waals surface area contributed by atoms with Crippen molar-refractivity contribution in [1.82, 2.24) is 9.66 Å². The quantitative estimate of drug-likeness (QED) is 0.238. The predicted octanol–water partition coefficient (Wildman–Crippen LogP) is 3.85. The molecule has 0 bridgehead atoms. The van der Waals surface area contributed by atoms with Crippen LogP contribution in [0.1, 0.15) is 16.1 Å². The van der Waals surface area contributed by atoms with Crippen molar-refractivity contribution in [2.75, 3.05) is 66.9 Å². The first kappa shape index (κ1) is 32.2. The van der Waals surface area contributed by atoms with E-state index in [1.165, 1.54) is 40.2 Å². The number of pyridine rings is 2. The van der Waals surface area contributed by atoms with Gasteiger partial charge in [-0.15, -0.1) is 12.4 Å². The summed E-state index contributed by atoms with van der Waals surface area (Å²) >= 11 is 0. The van der Waals surface area contributed by atoms with E-state index in [2.05, 4.69) is 4.98 Å². The van der Waals surface area contributed by atoms with Crippen molar-refractivity contribution in [2.24, 2.45) is 0 Å². The van der Waals surface area contributed by atoms with Gasteiger partial charge in [-0.3, -0.25) is 9.78 Å². The lowest BCUT2D eigenvalue weighted by molar-refractivity contribution is 0.0580. The summed E-state index contributed by atoms with van der Waals surface area (Å²) in [6.07, 6.45) is 3.35. The summed E-state index contributed by atoms with van der Waals surface area (Å²) in [6.45, 7) is 1.75. The highest BCUT2D eigenvalue weighted by atomic mass is 35.5. The van der Waals surface area contributed by atoms with Crippen LogP contribution in [0.2, 0.25) is 0 Å². The summed E-state index contributed by atoms with van der Waals surface area (Å²) in [6, 6.07) is 10.4. The second kappa shape index (κ2) is 14.2. The standard InChI is InChI=1S/C31H33N3O9.ClH/c1-37-23-16-21-22(17-24(23)43-18-19-6-8-32-9-7-19)30(35)34(33-10-12-42-13-11-33)28(31(36)41-5)27(21)20-14-25(38-2)29(40-4)26(15-20)39-3;/h6-9,14-17H,10-13,18H2,1-5H3;1H. The highest BCUT2D eigenvalue weighted by molar-refractivity contribution is 6.08. The maximum absolute atomic E-state index is 14.3. The fourth-order valence-electron chi connectivity index (χ4n) is 5.13. The van der Waals surface area contributed by atoms with Gasteiger partial charge in [0.05, 0.1) is 67.2 Å². The molecule has 1 aliphatic rings. The predicted molar refractivity (Wildman–Crippen MR) is 166 cm³/mol. The monoisotopic (exact) mass is 627 g/mol. The number of hydrogen-bond acceptors (Lipinski definition) is 11. The number of hydrogen-bond donors (Lipinski definition) is 0. The molecule has 0 radical (unpaired) electrons. The lowest BCUT2D eigenvalue weighted by Gasteiger charge is -2.33. The molecule has 0 N–H and O–H groups in total. The molecule has 0 unspecified atom stereocenters. The highest BCUT2D eigenvalue weighted by Crippen LogP contribution is 2.45. The zero-order valence-corrected chi connectivity index (χ0v) is 25.9. The number of halogens is 1. The first-order valence-corrected chi connectivity index (χ1v) is 13.5. The van der Waals surface area contributed by atoms with Gasteiger partial charge >= 0.3 is 5.97 Å². The molecule has 1 fully saturated rings. The topological polar surface area (TPSA) is 120 Å². The number of fused-ring (bicyclic) bond motifs is 1.